The van der Waals surface area contributed by atoms with Gasteiger partial charge in [0, 0.05) is 35.2 Å². The Morgan fingerprint density at radius 2 is 1.66 bits per heavy atom. The molecular weight excluding hydrogens is 853 g/mol. The minimum atomic E-state index is -1.04. The Labute approximate surface area is 378 Å². The number of rotatable bonds is 11. The summed E-state index contributed by atoms with van der Waals surface area (Å²) in [6, 6.07) is 12.2. The van der Waals surface area contributed by atoms with E-state index in [2.05, 4.69) is 30.9 Å². The topological polar surface area (TPSA) is 210 Å². The first-order valence-electron chi connectivity index (χ1n) is 21.0. The van der Waals surface area contributed by atoms with Gasteiger partial charge in [0.2, 0.25) is 11.8 Å². The van der Waals surface area contributed by atoms with Gasteiger partial charge in [-0.25, -0.2) is 9.67 Å². The first kappa shape index (κ1) is 44.2. The highest BCUT2D eigenvalue weighted by Crippen LogP contribution is 2.40. The second kappa shape index (κ2) is 17.3. The number of thiazole rings is 1. The number of nitrogens with one attached hydrogen (secondary N) is 2. The Morgan fingerprint density at radius 3 is 2.31 bits per heavy atom. The first-order valence-corrected chi connectivity index (χ1v) is 22.7. The van der Waals surface area contributed by atoms with E-state index in [0.717, 1.165) is 48.3 Å². The summed E-state index contributed by atoms with van der Waals surface area (Å²) in [5.74, 6) is -1.28. The fraction of sp³-hybridized carbons (Fsp3) is 0.370. The second-order valence-corrected chi connectivity index (χ2v) is 19.6. The number of aliphatic imine (C=N–C) groups is 1. The molecule has 3 amide bonds. The van der Waals surface area contributed by atoms with Crippen LogP contribution in [-0.4, -0.2) is 98.8 Å². The molecule has 2 aliphatic rings. The van der Waals surface area contributed by atoms with Crippen molar-refractivity contribution in [3.63, 3.8) is 0 Å². The third-order valence-corrected chi connectivity index (χ3v) is 14.1. The predicted molar refractivity (Wildman–Crippen MR) is 243 cm³/mol. The molecule has 2 aromatic carbocycles. The Bertz CT molecular complexity index is 2800. The van der Waals surface area contributed by atoms with Crippen LogP contribution in [0.4, 0.5) is 0 Å². The standard InChI is InChI=1S/C46H50N10O6S2/c1-23-26(4)64-45-37(23)38(50-34(18-36(58)59)41-53-52-27(5)56(41)45)29-13-15-32(16-14-29)55-20-31(19-48-55)42(60)51-40(46(6,7)8)44(62)54-21-33(57)17-35(54)43(61)49-24(2)28-9-11-30(12-10-28)39-25(3)47-22-63-39/h9-16,19-20,22,24,33-35,40,57H,17-18,21H2,1-8H3,(H,49,61)(H,51,60)(H,58,59)/t24?,33-,34+,35+,40?/m1/s1. The Hall–Kier alpha value is -6.37. The fourth-order valence-electron chi connectivity index (χ4n) is 8.27. The molecular formula is C46H50N10O6S2. The number of carboxylic acid groups (broad SMARTS) is 1. The van der Waals surface area contributed by atoms with Crippen LogP contribution in [0.5, 0.6) is 0 Å². The summed E-state index contributed by atoms with van der Waals surface area (Å²) in [7, 11) is 0. The van der Waals surface area contributed by atoms with E-state index in [9.17, 15) is 29.4 Å². The van der Waals surface area contributed by atoms with Gasteiger partial charge in [-0.1, -0.05) is 57.2 Å². The maximum Gasteiger partial charge on any atom is 0.306 e. The average molecular weight is 903 g/mol. The molecule has 18 heteroatoms. The quantitative estimate of drug-likeness (QED) is 0.115. The molecule has 0 bridgehead atoms. The summed E-state index contributed by atoms with van der Waals surface area (Å²) < 4.78 is 3.46. The summed E-state index contributed by atoms with van der Waals surface area (Å²) in [6.07, 6.45) is 1.89. The maximum absolute atomic E-state index is 14.3. The summed E-state index contributed by atoms with van der Waals surface area (Å²) in [4.78, 5) is 66.9. The SMILES string of the molecule is Cc1ncsc1-c1ccc(C(C)NC(=O)[C@@H]2C[C@@H](O)CN2C(=O)C(NC(=O)c2cnn(-c3ccc(C4=N[C@@H](CC(=O)O)c5nnc(C)n5-c5sc(C)c(C)c54)cc3)c2)C(C)(C)C)cc1. The summed E-state index contributed by atoms with van der Waals surface area (Å²) in [6.45, 7) is 15.2. The Balaban J connectivity index is 0.975. The number of β-amino-alcohol motifs (C(OH)–C–C–N with tert-alkyl or cyclic N) is 1. The Kier molecular flexibility index (Phi) is 12.0. The number of carboxylic acids is 1. The van der Waals surface area contributed by atoms with E-state index in [-0.39, 0.29) is 31.0 Å². The Morgan fingerprint density at radius 1 is 0.953 bits per heavy atom. The number of benzene rings is 2. The number of carbonyl (C=O) groups is 4. The summed E-state index contributed by atoms with van der Waals surface area (Å²) in [5.41, 5.74) is 8.11. The molecule has 2 aliphatic heterocycles. The maximum atomic E-state index is 14.3. The molecule has 0 spiro atoms. The van der Waals surface area contributed by atoms with Crippen molar-refractivity contribution in [2.24, 2.45) is 10.4 Å². The first-order chi connectivity index (χ1) is 30.4. The minimum Gasteiger partial charge on any atom is -0.481 e. The van der Waals surface area contributed by atoms with Crippen LogP contribution in [-0.2, 0) is 14.4 Å². The fourth-order valence-corrected chi connectivity index (χ4v) is 10.3. The van der Waals surface area contributed by atoms with Gasteiger partial charge in [-0.2, -0.15) is 5.10 Å². The van der Waals surface area contributed by atoms with Gasteiger partial charge in [0.15, 0.2) is 5.82 Å². The van der Waals surface area contributed by atoms with Crippen molar-refractivity contribution >= 4 is 52.1 Å². The van der Waals surface area contributed by atoms with E-state index in [0.29, 0.717) is 23.0 Å². The smallest absolute Gasteiger partial charge is 0.306 e. The molecule has 8 rings (SSSR count). The lowest BCUT2D eigenvalue weighted by Crippen LogP contribution is -2.57. The van der Waals surface area contributed by atoms with Crippen molar-refractivity contribution in [3.8, 4) is 21.1 Å². The molecule has 5 atom stereocenters. The van der Waals surface area contributed by atoms with Gasteiger partial charge in [-0.05, 0) is 68.9 Å². The van der Waals surface area contributed by atoms with Crippen molar-refractivity contribution in [2.45, 2.75) is 98.5 Å². The molecule has 6 aromatic rings. The van der Waals surface area contributed by atoms with Crippen LogP contribution in [0, 0.1) is 33.1 Å². The molecule has 1 fully saturated rings. The van der Waals surface area contributed by atoms with Crippen LogP contribution in [0.1, 0.15) is 107 Å². The molecule has 2 unspecified atom stereocenters. The number of likely N-dealkylation sites (tertiary alicyclic amines) is 1. The lowest BCUT2D eigenvalue weighted by Gasteiger charge is -2.35. The van der Waals surface area contributed by atoms with Gasteiger partial charge < -0.3 is 25.7 Å². The van der Waals surface area contributed by atoms with E-state index in [4.69, 9.17) is 4.99 Å². The van der Waals surface area contributed by atoms with Crippen LogP contribution in [0.2, 0.25) is 0 Å². The number of thiophene rings is 1. The number of hydrogen-bond donors (Lipinski definition) is 4. The summed E-state index contributed by atoms with van der Waals surface area (Å²) in [5, 5.41) is 40.4. The highest BCUT2D eigenvalue weighted by atomic mass is 32.1. The van der Waals surface area contributed by atoms with E-state index in [1.54, 1.807) is 33.6 Å². The van der Waals surface area contributed by atoms with E-state index in [1.807, 2.05) is 114 Å². The molecule has 0 saturated carbocycles. The highest BCUT2D eigenvalue weighted by molar-refractivity contribution is 7.15. The molecule has 332 valence electrons. The number of nitrogens with zero attached hydrogens (tertiary/aromatic N) is 8. The van der Waals surface area contributed by atoms with Gasteiger partial charge in [0.25, 0.3) is 5.91 Å². The number of aromatic nitrogens is 6. The largest absolute Gasteiger partial charge is 0.481 e. The monoisotopic (exact) mass is 902 g/mol. The van der Waals surface area contributed by atoms with Crippen molar-refractivity contribution in [1.29, 1.82) is 0 Å². The second-order valence-electron chi connectivity index (χ2n) is 17.5. The number of aliphatic carboxylic acids is 1. The lowest BCUT2D eigenvalue weighted by atomic mass is 9.85. The van der Waals surface area contributed by atoms with Crippen molar-refractivity contribution in [1.82, 2.24) is 45.1 Å². The number of hydrogen-bond acceptors (Lipinski definition) is 12. The van der Waals surface area contributed by atoms with Crippen LogP contribution < -0.4 is 10.6 Å². The number of aryl methyl sites for hydroxylation is 3. The molecule has 4 N–H and O–H groups in total. The minimum absolute atomic E-state index is 0.0506. The van der Waals surface area contributed by atoms with Crippen LogP contribution >= 0.6 is 22.7 Å². The molecule has 0 radical (unpaired) electrons. The van der Waals surface area contributed by atoms with Crippen molar-refractivity contribution in [2.75, 3.05) is 6.54 Å². The van der Waals surface area contributed by atoms with Crippen molar-refractivity contribution < 1.29 is 29.4 Å². The zero-order valence-corrected chi connectivity index (χ0v) is 38.4. The molecule has 1 saturated heterocycles. The van der Waals surface area contributed by atoms with Crippen LogP contribution in [0.25, 0.3) is 21.1 Å². The normalized spacial score (nSPS) is 18.1. The predicted octanol–water partition coefficient (Wildman–Crippen LogP) is 6.22. The van der Waals surface area contributed by atoms with Crippen LogP contribution in [0.3, 0.4) is 0 Å². The molecule has 16 nitrogen and oxygen atoms in total. The van der Waals surface area contributed by atoms with Gasteiger partial charge >= 0.3 is 5.97 Å². The number of carbonyl (C=O) groups excluding carboxylic acids is 3. The lowest BCUT2D eigenvalue weighted by molar-refractivity contribution is -0.142. The van der Waals surface area contributed by atoms with E-state index < -0.39 is 53.3 Å². The van der Waals surface area contributed by atoms with Crippen molar-refractivity contribution in [3.05, 3.63) is 116 Å². The van der Waals surface area contributed by atoms with Gasteiger partial charge in [0.1, 0.15) is 29.0 Å². The van der Waals surface area contributed by atoms with Crippen LogP contribution in [0.15, 0.2) is 71.4 Å². The van der Waals surface area contributed by atoms with E-state index >= 15 is 0 Å². The van der Waals surface area contributed by atoms with Gasteiger partial charge in [-0.3, -0.25) is 28.7 Å². The molecule has 64 heavy (non-hydrogen) atoms. The molecule has 6 heterocycles. The van der Waals surface area contributed by atoms with Gasteiger partial charge in [0.05, 0.1) is 57.8 Å². The number of aliphatic hydroxyl groups excluding tert-OH is 1. The molecule has 4 aromatic heterocycles. The molecule has 0 aliphatic carbocycles. The zero-order chi connectivity index (χ0) is 45.8. The van der Waals surface area contributed by atoms with E-state index in [1.165, 1.54) is 11.1 Å². The zero-order valence-electron chi connectivity index (χ0n) is 36.8. The third kappa shape index (κ3) is 8.52. The average Bonchev–Trinajstić information content (AvgIpc) is 4.10. The van der Waals surface area contributed by atoms with Gasteiger partial charge in [-0.15, -0.1) is 32.9 Å². The number of fused-ring (bicyclic) bond motifs is 3. The third-order valence-electron chi connectivity index (χ3n) is 11.9. The highest BCUT2D eigenvalue weighted by Gasteiger charge is 2.45. The number of aliphatic hydroxyl groups is 1. The summed E-state index contributed by atoms with van der Waals surface area (Å²) >= 11 is 3.15. The number of amides is 3.